The zero-order valence-electron chi connectivity index (χ0n) is 10.8. The van der Waals surface area contributed by atoms with Crippen molar-refractivity contribution in [2.24, 2.45) is 5.73 Å². The number of ether oxygens (including phenoxy) is 1. The van der Waals surface area contributed by atoms with Gasteiger partial charge in [-0.05, 0) is 32.1 Å². The Morgan fingerprint density at radius 3 is 2.65 bits per heavy atom. The Morgan fingerprint density at radius 1 is 1.41 bits per heavy atom. The molecule has 0 heterocycles. The van der Waals surface area contributed by atoms with E-state index in [0.717, 1.165) is 23.4 Å². The first-order valence-corrected chi connectivity index (χ1v) is 5.73. The van der Waals surface area contributed by atoms with Crippen molar-refractivity contribution in [1.82, 2.24) is 4.90 Å². The third-order valence-electron chi connectivity index (χ3n) is 2.56. The second kappa shape index (κ2) is 6.59. The predicted octanol–water partition coefficient (Wildman–Crippen LogP) is 0.619. The lowest BCUT2D eigenvalue weighted by Crippen LogP contribution is -2.26. The third kappa shape index (κ3) is 4.34. The van der Waals surface area contributed by atoms with Gasteiger partial charge in [0.25, 0.3) is 0 Å². The lowest BCUT2D eigenvalue weighted by molar-refractivity contribution is 0.265. The van der Waals surface area contributed by atoms with Crippen LogP contribution in [-0.4, -0.2) is 43.9 Å². The summed E-state index contributed by atoms with van der Waals surface area (Å²) in [6.07, 6.45) is 0.681. The molecule has 0 saturated carbocycles. The molecular weight excluding hydrogens is 216 g/mol. The highest BCUT2D eigenvalue weighted by atomic mass is 16.5. The van der Waals surface area contributed by atoms with E-state index in [1.54, 1.807) is 7.11 Å². The standard InChI is InChI=1S/C13H22N2O2/c1-15(2)8-11-6-10(7-12(14)9-16)4-5-13(11)17-3/h4-6,12,16H,7-9,14H2,1-3H3. The molecule has 4 nitrogen and oxygen atoms in total. The highest BCUT2D eigenvalue weighted by Gasteiger charge is 2.08. The van der Waals surface area contributed by atoms with Crippen LogP contribution in [0.1, 0.15) is 11.1 Å². The molecule has 17 heavy (non-hydrogen) atoms. The number of nitrogens with zero attached hydrogens (tertiary/aromatic N) is 1. The van der Waals surface area contributed by atoms with E-state index in [2.05, 4.69) is 11.0 Å². The van der Waals surface area contributed by atoms with Crippen molar-refractivity contribution in [3.63, 3.8) is 0 Å². The number of aliphatic hydroxyl groups excluding tert-OH is 1. The SMILES string of the molecule is COc1ccc(CC(N)CO)cc1CN(C)C. The van der Waals surface area contributed by atoms with Crippen LogP contribution < -0.4 is 10.5 Å². The molecule has 1 aromatic carbocycles. The molecule has 1 aromatic rings. The van der Waals surface area contributed by atoms with E-state index >= 15 is 0 Å². The number of aliphatic hydroxyl groups is 1. The molecule has 1 rings (SSSR count). The predicted molar refractivity (Wildman–Crippen MR) is 69.2 cm³/mol. The topological polar surface area (TPSA) is 58.7 Å². The fourth-order valence-electron chi connectivity index (χ4n) is 1.79. The summed E-state index contributed by atoms with van der Waals surface area (Å²) in [7, 11) is 5.71. The Labute approximate surface area is 103 Å². The average Bonchev–Trinajstić information content (AvgIpc) is 2.28. The van der Waals surface area contributed by atoms with E-state index in [9.17, 15) is 0 Å². The Kier molecular flexibility index (Phi) is 5.41. The van der Waals surface area contributed by atoms with Crippen molar-refractivity contribution < 1.29 is 9.84 Å². The Bertz CT molecular complexity index is 353. The minimum atomic E-state index is -0.199. The van der Waals surface area contributed by atoms with Gasteiger partial charge in [0.05, 0.1) is 13.7 Å². The molecule has 0 aromatic heterocycles. The molecule has 0 amide bonds. The number of hydrogen-bond donors (Lipinski definition) is 2. The first kappa shape index (κ1) is 14.0. The van der Waals surface area contributed by atoms with Gasteiger partial charge in [-0.3, -0.25) is 0 Å². The number of hydrogen-bond acceptors (Lipinski definition) is 4. The fraction of sp³-hybridized carbons (Fsp3) is 0.538. The average molecular weight is 238 g/mol. The second-order valence-corrected chi connectivity index (χ2v) is 4.53. The summed E-state index contributed by atoms with van der Waals surface area (Å²) in [4.78, 5) is 2.09. The zero-order valence-corrected chi connectivity index (χ0v) is 10.8. The molecule has 96 valence electrons. The van der Waals surface area contributed by atoms with Crippen LogP contribution in [-0.2, 0) is 13.0 Å². The van der Waals surface area contributed by atoms with Crippen molar-refractivity contribution in [1.29, 1.82) is 0 Å². The van der Waals surface area contributed by atoms with Gasteiger partial charge in [0.1, 0.15) is 5.75 Å². The van der Waals surface area contributed by atoms with Crippen LogP contribution in [0.5, 0.6) is 5.75 Å². The van der Waals surface area contributed by atoms with E-state index in [0.29, 0.717) is 6.42 Å². The summed E-state index contributed by atoms with van der Waals surface area (Å²) >= 11 is 0. The van der Waals surface area contributed by atoms with Gasteiger partial charge in [0.2, 0.25) is 0 Å². The molecule has 0 bridgehead atoms. The van der Waals surface area contributed by atoms with Gasteiger partial charge in [-0.2, -0.15) is 0 Å². The van der Waals surface area contributed by atoms with Crippen molar-refractivity contribution >= 4 is 0 Å². The number of methoxy groups -OCH3 is 1. The first-order valence-electron chi connectivity index (χ1n) is 5.73. The second-order valence-electron chi connectivity index (χ2n) is 4.53. The highest BCUT2D eigenvalue weighted by molar-refractivity contribution is 5.37. The molecular formula is C13H22N2O2. The van der Waals surface area contributed by atoms with Crippen LogP contribution in [0.3, 0.4) is 0 Å². The molecule has 3 N–H and O–H groups in total. The van der Waals surface area contributed by atoms with Crippen LogP contribution >= 0.6 is 0 Å². The van der Waals surface area contributed by atoms with Gasteiger partial charge in [0.15, 0.2) is 0 Å². The first-order chi connectivity index (χ1) is 8.06. The number of rotatable bonds is 6. The van der Waals surface area contributed by atoms with Crippen molar-refractivity contribution in [2.75, 3.05) is 27.8 Å². The van der Waals surface area contributed by atoms with Gasteiger partial charge < -0.3 is 20.5 Å². The molecule has 0 aliphatic carbocycles. The Morgan fingerprint density at radius 2 is 2.12 bits per heavy atom. The van der Waals surface area contributed by atoms with Gasteiger partial charge in [-0.1, -0.05) is 12.1 Å². The third-order valence-corrected chi connectivity index (χ3v) is 2.56. The monoisotopic (exact) mass is 238 g/mol. The van der Waals surface area contributed by atoms with Gasteiger partial charge >= 0.3 is 0 Å². The Balaban J connectivity index is 2.88. The lowest BCUT2D eigenvalue weighted by atomic mass is 10.0. The summed E-state index contributed by atoms with van der Waals surface area (Å²) in [6, 6.07) is 5.84. The summed E-state index contributed by atoms with van der Waals surface area (Å²) in [5.41, 5.74) is 8.00. The molecule has 0 aliphatic heterocycles. The molecule has 0 spiro atoms. The lowest BCUT2D eigenvalue weighted by Gasteiger charge is -2.16. The van der Waals surface area contributed by atoms with Crippen LogP contribution in [0.25, 0.3) is 0 Å². The molecule has 0 radical (unpaired) electrons. The van der Waals surface area contributed by atoms with E-state index in [4.69, 9.17) is 15.6 Å². The van der Waals surface area contributed by atoms with Gasteiger partial charge in [0, 0.05) is 18.2 Å². The summed E-state index contributed by atoms with van der Waals surface area (Å²) < 4.78 is 5.33. The maximum atomic E-state index is 8.95. The van der Waals surface area contributed by atoms with Gasteiger partial charge in [-0.25, -0.2) is 0 Å². The Hall–Kier alpha value is -1.10. The fourth-order valence-corrected chi connectivity index (χ4v) is 1.79. The van der Waals surface area contributed by atoms with Crippen molar-refractivity contribution in [2.45, 2.75) is 19.0 Å². The summed E-state index contributed by atoms with van der Waals surface area (Å²) in [5.74, 6) is 0.889. The highest BCUT2D eigenvalue weighted by Crippen LogP contribution is 2.21. The van der Waals surface area contributed by atoms with Crippen LogP contribution in [0.4, 0.5) is 0 Å². The molecule has 0 fully saturated rings. The van der Waals surface area contributed by atoms with Crippen LogP contribution in [0, 0.1) is 0 Å². The minimum absolute atomic E-state index is 0.00897. The quantitative estimate of drug-likeness (QED) is 0.763. The minimum Gasteiger partial charge on any atom is -0.496 e. The molecule has 0 aliphatic rings. The molecule has 1 unspecified atom stereocenters. The van der Waals surface area contributed by atoms with Crippen molar-refractivity contribution in [3.05, 3.63) is 29.3 Å². The normalized spacial score (nSPS) is 12.8. The molecule has 1 atom stereocenters. The van der Waals surface area contributed by atoms with E-state index in [-0.39, 0.29) is 12.6 Å². The summed E-state index contributed by atoms with van der Waals surface area (Å²) in [5, 5.41) is 8.95. The summed E-state index contributed by atoms with van der Waals surface area (Å²) in [6.45, 7) is 0.834. The van der Waals surface area contributed by atoms with Gasteiger partial charge in [-0.15, -0.1) is 0 Å². The smallest absolute Gasteiger partial charge is 0.123 e. The number of benzene rings is 1. The molecule has 0 saturated heterocycles. The maximum Gasteiger partial charge on any atom is 0.123 e. The van der Waals surface area contributed by atoms with E-state index < -0.39 is 0 Å². The molecule has 4 heteroatoms. The van der Waals surface area contributed by atoms with E-state index in [1.165, 1.54) is 0 Å². The zero-order chi connectivity index (χ0) is 12.8. The number of nitrogens with two attached hydrogens (primary N) is 1. The van der Waals surface area contributed by atoms with Crippen LogP contribution in [0.2, 0.25) is 0 Å². The maximum absolute atomic E-state index is 8.95. The van der Waals surface area contributed by atoms with Crippen molar-refractivity contribution in [3.8, 4) is 5.75 Å². The largest absolute Gasteiger partial charge is 0.496 e. The van der Waals surface area contributed by atoms with Crippen LogP contribution in [0.15, 0.2) is 18.2 Å². The van der Waals surface area contributed by atoms with E-state index in [1.807, 2.05) is 26.2 Å².